The first-order valence-corrected chi connectivity index (χ1v) is 16.9. The van der Waals surface area contributed by atoms with Gasteiger partial charge in [-0.3, -0.25) is 9.78 Å². The topological polar surface area (TPSA) is 63.3 Å². The molecule has 0 aliphatic carbocycles. The van der Waals surface area contributed by atoms with E-state index in [2.05, 4.69) is 44.0 Å². The quantitative estimate of drug-likeness (QED) is 0.0717. The molecule has 0 amide bonds. The zero-order valence-electron chi connectivity index (χ0n) is 29.9. The molecule has 2 aromatic heterocycles. The average Bonchev–Trinajstić information content (AvgIpc) is 3.49. The molecular weight excluding hydrogens is 797 g/mol. The van der Waals surface area contributed by atoms with Gasteiger partial charge >= 0.3 is 0 Å². The van der Waals surface area contributed by atoms with Gasteiger partial charge in [0.2, 0.25) is 0 Å². The number of nitrogens with zero attached hydrogens (tertiary/aromatic N) is 1. The fourth-order valence-corrected chi connectivity index (χ4v) is 6.25. The van der Waals surface area contributed by atoms with Gasteiger partial charge in [-0.2, -0.15) is 0 Å². The van der Waals surface area contributed by atoms with Crippen LogP contribution in [0.2, 0.25) is 0 Å². The number of halogens is 2. The number of hydrogen-bond donors (Lipinski definition) is 1. The number of aliphatic hydroxyl groups is 1. The first-order valence-electron chi connectivity index (χ1n) is 16.9. The maximum absolute atomic E-state index is 14.6. The molecule has 4 nitrogen and oxygen atoms in total. The van der Waals surface area contributed by atoms with Gasteiger partial charge in [0, 0.05) is 76.5 Å². The Morgan fingerprint density at radius 2 is 1.47 bits per heavy atom. The van der Waals surface area contributed by atoms with E-state index in [1.807, 2.05) is 59.7 Å². The Balaban J connectivity index is 0.000000260. The summed E-state index contributed by atoms with van der Waals surface area (Å²) in [5, 5.41) is 14.5. The second-order valence-electron chi connectivity index (χ2n) is 14.5. The Hall–Kier alpha value is -3.67. The maximum Gasteiger partial charge on any atom is 0.170 e. The summed E-state index contributed by atoms with van der Waals surface area (Å²) in [4.78, 5) is 16.8. The number of aliphatic hydroxyl groups excluding tert-OH is 1. The van der Waals surface area contributed by atoms with Crippen LogP contribution in [0.25, 0.3) is 54.7 Å². The van der Waals surface area contributed by atoms with Gasteiger partial charge in [0.05, 0.1) is 0 Å². The number of rotatable bonds is 8. The van der Waals surface area contributed by atoms with Gasteiger partial charge < -0.3 is 9.52 Å². The minimum atomic E-state index is -0.711. The summed E-state index contributed by atoms with van der Waals surface area (Å²) in [5.41, 5.74) is 2.31. The predicted octanol–water partition coefficient (Wildman–Crippen LogP) is 12.4. The number of pyridine rings is 1. The Morgan fingerprint density at radius 3 is 2.08 bits per heavy atom. The molecule has 6 aromatic rings. The van der Waals surface area contributed by atoms with Crippen molar-refractivity contribution in [3.05, 3.63) is 89.8 Å². The zero-order chi connectivity index (χ0) is 35.2. The Labute approximate surface area is 301 Å². The molecule has 0 spiro atoms. The van der Waals surface area contributed by atoms with E-state index in [0.717, 1.165) is 59.0 Å². The van der Waals surface area contributed by atoms with Crippen molar-refractivity contribution >= 4 is 49.3 Å². The van der Waals surface area contributed by atoms with Crippen LogP contribution in [0.15, 0.2) is 71.0 Å². The molecule has 0 fully saturated rings. The van der Waals surface area contributed by atoms with Gasteiger partial charge in [0.15, 0.2) is 17.2 Å². The van der Waals surface area contributed by atoms with Crippen LogP contribution in [0, 0.1) is 28.5 Å². The van der Waals surface area contributed by atoms with Gasteiger partial charge in [-0.15, -0.1) is 29.1 Å². The van der Waals surface area contributed by atoms with E-state index in [-0.39, 0.29) is 53.5 Å². The molecule has 1 N–H and O–H groups in total. The summed E-state index contributed by atoms with van der Waals surface area (Å²) in [7, 11) is 0. The van der Waals surface area contributed by atoms with E-state index in [4.69, 9.17) is 4.42 Å². The molecule has 261 valence electrons. The van der Waals surface area contributed by atoms with E-state index in [0.29, 0.717) is 27.4 Å². The number of aromatic nitrogens is 1. The molecule has 0 unspecified atom stereocenters. The summed E-state index contributed by atoms with van der Waals surface area (Å²) in [5.74, 6) is -1.02. The van der Waals surface area contributed by atoms with Crippen molar-refractivity contribution < 1.29 is 43.2 Å². The fourth-order valence-electron chi connectivity index (χ4n) is 6.25. The van der Waals surface area contributed by atoms with E-state index in [1.54, 1.807) is 18.3 Å². The minimum absolute atomic E-state index is 0. The SMILES string of the molecule is CC(C)(C)c1cc(-c2ncc3ccc4c(F)cc(F)c5oc2c3c45)[c-]c2ccccc12.CCC(C)(CC)C(=O)/C=C(\O)C(C)(CC)CC.[Ir]. The first kappa shape index (κ1) is 38.1. The maximum atomic E-state index is 14.6. The number of carbonyl (C=O) groups is 1. The second-order valence-corrected chi connectivity index (χ2v) is 14.5. The molecule has 0 saturated heterocycles. The largest absolute Gasteiger partial charge is 0.512 e. The number of hydrogen-bond acceptors (Lipinski definition) is 4. The van der Waals surface area contributed by atoms with Gasteiger partial charge in [-0.05, 0) is 31.1 Å². The molecule has 0 bridgehead atoms. The second kappa shape index (κ2) is 14.3. The predicted molar refractivity (Wildman–Crippen MR) is 194 cm³/mol. The van der Waals surface area contributed by atoms with Crippen LogP contribution in [0.3, 0.4) is 0 Å². The van der Waals surface area contributed by atoms with Crippen LogP contribution in [-0.2, 0) is 30.3 Å². The van der Waals surface area contributed by atoms with E-state index in [1.165, 1.54) is 6.08 Å². The van der Waals surface area contributed by atoms with Gasteiger partial charge in [-0.25, -0.2) is 8.78 Å². The third kappa shape index (κ3) is 6.90. The summed E-state index contributed by atoms with van der Waals surface area (Å²) >= 11 is 0. The fraction of sp³-hybridized carbons (Fsp3) is 0.381. The van der Waals surface area contributed by atoms with Crippen LogP contribution in [0.5, 0.6) is 0 Å². The van der Waals surface area contributed by atoms with Crippen molar-refractivity contribution in [2.24, 2.45) is 10.8 Å². The van der Waals surface area contributed by atoms with Crippen LogP contribution >= 0.6 is 0 Å². The Kier molecular flexibility index (Phi) is 11.1. The van der Waals surface area contributed by atoms with E-state index >= 15 is 0 Å². The molecule has 49 heavy (non-hydrogen) atoms. The van der Waals surface area contributed by atoms with Gasteiger partial charge in [0.25, 0.3) is 0 Å². The molecular formula is C42H46F2IrNO3-. The van der Waals surface area contributed by atoms with Crippen molar-refractivity contribution in [1.82, 2.24) is 4.98 Å². The zero-order valence-corrected chi connectivity index (χ0v) is 32.3. The summed E-state index contributed by atoms with van der Waals surface area (Å²) in [6.45, 7) is 18.6. The molecule has 0 aliphatic heterocycles. The Morgan fingerprint density at radius 1 is 0.837 bits per heavy atom. The third-order valence-electron chi connectivity index (χ3n) is 10.6. The number of furan rings is 1. The summed E-state index contributed by atoms with van der Waals surface area (Å²) in [6, 6.07) is 18.0. The third-order valence-corrected chi connectivity index (χ3v) is 10.6. The number of fused-ring (bicyclic) bond motifs is 1. The molecule has 0 atom stereocenters. The number of ketones is 1. The average molecular weight is 843 g/mol. The number of carbonyl (C=O) groups excluding carboxylic acids is 1. The molecule has 0 aliphatic rings. The summed E-state index contributed by atoms with van der Waals surface area (Å²) in [6.07, 6.45) is 6.49. The van der Waals surface area contributed by atoms with Crippen LogP contribution in [0.1, 0.15) is 93.6 Å². The molecule has 6 rings (SSSR count). The van der Waals surface area contributed by atoms with E-state index in [9.17, 15) is 18.7 Å². The molecule has 4 aromatic carbocycles. The van der Waals surface area contributed by atoms with Crippen molar-refractivity contribution in [3.8, 4) is 11.3 Å². The summed E-state index contributed by atoms with van der Waals surface area (Å²) < 4.78 is 35.0. The van der Waals surface area contributed by atoms with Crippen molar-refractivity contribution in [2.45, 2.75) is 93.4 Å². The van der Waals surface area contributed by atoms with E-state index < -0.39 is 11.6 Å². The molecule has 0 saturated carbocycles. The van der Waals surface area contributed by atoms with Crippen molar-refractivity contribution in [3.63, 3.8) is 0 Å². The minimum Gasteiger partial charge on any atom is -0.512 e. The Bertz CT molecular complexity index is 2150. The number of allylic oxidation sites excluding steroid dienone is 2. The smallest absolute Gasteiger partial charge is 0.170 e. The van der Waals surface area contributed by atoms with Gasteiger partial charge in [-0.1, -0.05) is 104 Å². The molecule has 1 radical (unpaired) electrons. The standard InChI is InChI=1S/C27H18F2NO.C15H28O2.Ir/c1-27(2,3)19-11-16(10-14-6-4-5-7-17(14)19)24-26-22-15(13-30-24)8-9-18-20(28)12-21(29)25(31-26)23(18)22;1-7-14(5,8-2)12(16)11-13(17)15(6,9-3)10-4;/h4-9,11-13H,1-3H3;11,16H,7-10H2,1-6H3;/q-1;;/b;12-11-;. The number of benzene rings is 4. The normalized spacial score (nSPS) is 12.8. The van der Waals surface area contributed by atoms with Crippen LogP contribution < -0.4 is 0 Å². The van der Waals surface area contributed by atoms with Gasteiger partial charge in [0.1, 0.15) is 17.2 Å². The molecule has 7 heteroatoms. The monoisotopic (exact) mass is 843 g/mol. The molecule has 2 heterocycles. The van der Waals surface area contributed by atoms with Crippen molar-refractivity contribution in [1.29, 1.82) is 0 Å². The van der Waals surface area contributed by atoms with Crippen LogP contribution in [-0.4, -0.2) is 15.9 Å². The van der Waals surface area contributed by atoms with Crippen molar-refractivity contribution in [2.75, 3.05) is 0 Å². The first-order chi connectivity index (χ1) is 22.6. The van der Waals surface area contributed by atoms with Crippen LogP contribution in [0.4, 0.5) is 8.78 Å².